The van der Waals surface area contributed by atoms with Gasteiger partial charge in [0.1, 0.15) is 17.6 Å². The molecule has 5 nitrogen and oxygen atoms in total. The van der Waals surface area contributed by atoms with Crippen LogP contribution >= 0.6 is 27.3 Å². The number of fused-ring (bicyclic) bond motifs is 1. The molecule has 19 heavy (non-hydrogen) atoms. The maximum atomic E-state index is 4.18. The summed E-state index contributed by atoms with van der Waals surface area (Å²) in [5, 5.41) is 8.30. The van der Waals surface area contributed by atoms with Crippen molar-refractivity contribution in [1.82, 2.24) is 15.0 Å². The van der Waals surface area contributed by atoms with Gasteiger partial charge in [-0.2, -0.15) is 5.11 Å². The van der Waals surface area contributed by atoms with Gasteiger partial charge in [0.05, 0.1) is 15.0 Å². The molecule has 0 saturated carbocycles. The first kappa shape index (κ1) is 12.3. The van der Waals surface area contributed by atoms with E-state index in [-0.39, 0.29) is 0 Å². The lowest BCUT2D eigenvalue weighted by Crippen LogP contribution is -1.84. The Kier molecular flexibility index (Phi) is 3.56. The molecule has 0 atom stereocenters. The summed E-state index contributed by atoms with van der Waals surface area (Å²) in [4.78, 5) is 12.5. The highest BCUT2D eigenvalue weighted by Crippen LogP contribution is 2.33. The predicted octanol–water partition coefficient (Wildman–Crippen LogP) is 4.13. The fraction of sp³-hybridized carbons (Fsp3) is 0.0833. The summed E-state index contributed by atoms with van der Waals surface area (Å²) in [7, 11) is 0. The zero-order chi connectivity index (χ0) is 13.1. The number of nitrogens with zero attached hydrogens (tertiary/aromatic N) is 5. The number of thiophene rings is 1. The molecule has 7 heteroatoms. The smallest absolute Gasteiger partial charge is 0.195 e. The minimum Gasteiger partial charge on any atom is -0.259 e. The van der Waals surface area contributed by atoms with Crippen molar-refractivity contribution in [3.8, 4) is 0 Å². The summed E-state index contributed by atoms with van der Waals surface area (Å²) in [5.74, 6) is 0.594. The molecule has 0 aliphatic rings. The molecule has 0 aliphatic heterocycles. The number of halogens is 1. The van der Waals surface area contributed by atoms with Gasteiger partial charge < -0.3 is 0 Å². The Labute approximate surface area is 121 Å². The van der Waals surface area contributed by atoms with Crippen LogP contribution in [0.25, 0.3) is 10.2 Å². The van der Waals surface area contributed by atoms with Crippen molar-refractivity contribution in [2.24, 2.45) is 10.2 Å². The summed E-state index contributed by atoms with van der Waals surface area (Å²) < 4.78 is 1.93. The van der Waals surface area contributed by atoms with Crippen molar-refractivity contribution in [3.63, 3.8) is 0 Å². The average Bonchev–Trinajstić information content (AvgIpc) is 2.81. The third-order valence-corrected chi connectivity index (χ3v) is 4.01. The molecular weight excluding hydrogens is 326 g/mol. The molecule has 0 aromatic carbocycles. The monoisotopic (exact) mass is 333 g/mol. The number of azo groups is 1. The molecule has 3 aromatic heterocycles. The second-order valence-corrected chi connectivity index (χ2v) is 6.11. The standard InChI is InChI=1S/C12H8BrN5S/c13-10-5-9-11(19-10)12(16-7-15-9)18-17-6-8-3-1-2-4-14-8/h1-5,7H,6H2. The molecule has 3 rings (SSSR count). The predicted molar refractivity (Wildman–Crippen MR) is 77.6 cm³/mol. The van der Waals surface area contributed by atoms with Crippen LogP contribution in [0.3, 0.4) is 0 Å². The molecule has 0 unspecified atom stereocenters. The minimum atomic E-state index is 0.443. The minimum absolute atomic E-state index is 0.443. The fourth-order valence-corrected chi connectivity index (χ4v) is 3.02. The van der Waals surface area contributed by atoms with Crippen LogP contribution in [0.2, 0.25) is 0 Å². The SMILES string of the molecule is Brc1cc2ncnc(N=NCc3ccccn3)c2s1. The normalized spacial score (nSPS) is 11.4. The number of hydrogen-bond donors (Lipinski definition) is 0. The number of aromatic nitrogens is 3. The lowest BCUT2D eigenvalue weighted by Gasteiger charge is -1.94. The Morgan fingerprint density at radius 1 is 1.21 bits per heavy atom. The van der Waals surface area contributed by atoms with E-state index in [0.717, 1.165) is 19.7 Å². The van der Waals surface area contributed by atoms with Gasteiger partial charge in [-0.25, -0.2) is 9.97 Å². The molecule has 3 aromatic rings. The van der Waals surface area contributed by atoms with Crippen LogP contribution in [0.5, 0.6) is 0 Å². The Morgan fingerprint density at radius 2 is 2.16 bits per heavy atom. The third-order valence-electron chi connectivity index (χ3n) is 2.39. The topological polar surface area (TPSA) is 63.4 Å². The van der Waals surface area contributed by atoms with Gasteiger partial charge in [-0.3, -0.25) is 4.98 Å². The first-order valence-electron chi connectivity index (χ1n) is 5.50. The Hall–Kier alpha value is -1.73. The molecule has 3 heterocycles. The molecule has 0 fully saturated rings. The number of pyridine rings is 1. The first-order valence-corrected chi connectivity index (χ1v) is 7.11. The van der Waals surface area contributed by atoms with Crippen LogP contribution in [-0.4, -0.2) is 15.0 Å². The van der Waals surface area contributed by atoms with Crippen LogP contribution in [0.15, 0.2) is 50.8 Å². The zero-order valence-electron chi connectivity index (χ0n) is 9.69. The van der Waals surface area contributed by atoms with Crippen molar-refractivity contribution in [2.45, 2.75) is 6.54 Å². The molecule has 0 N–H and O–H groups in total. The van der Waals surface area contributed by atoms with E-state index in [2.05, 4.69) is 41.1 Å². The van der Waals surface area contributed by atoms with Crippen LogP contribution in [-0.2, 0) is 6.54 Å². The molecule has 0 aliphatic carbocycles. The van der Waals surface area contributed by atoms with Gasteiger partial charge in [-0.15, -0.1) is 16.5 Å². The Bertz CT molecular complexity index is 725. The van der Waals surface area contributed by atoms with Crippen LogP contribution in [0.1, 0.15) is 5.69 Å². The average molecular weight is 334 g/mol. The van der Waals surface area contributed by atoms with Gasteiger partial charge in [-0.1, -0.05) is 6.07 Å². The largest absolute Gasteiger partial charge is 0.259 e. The van der Waals surface area contributed by atoms with E-state index in [0.29, 0.717) is 12.4 Å². The van der Waals surface area contributed by atoms with Crippen molar-refractivity contribution < 1.29 is 0 Å². The highest BCUT2D eigenvalue weighted by atomic mass is 79.9. The summed E-state index contributed by atoms with van der Waals surface area (Å²) in [6.45, 7) is 0.443. The Balaban J connectivity index is 1.85. The van der Waals surface area contributed by atoms with Crippen molar-refractivity contribution in [3.05, 3.63) is 46.3 Å². The van der Waals surface area contributed by atoms with E-state index in [1.807, 2.05) is 24.3 Å². The van der Waals surface area contributed by atoms with Crippen LogP contribution in [0, 0.1) is 0 Å². The Morgan fingerprint density at radius 3 is 3.00 bits per heavy atom. The first-order chi connectivity index (χ1) is 9.33. The van der Waals surface area contributed by atoms with Crippen molar-refractivity contribution in [1.29, 1.82) is 0 Å². The summed E-state index contributed by atoms with van der Waals surface area (Å²) in [6.07, 6.45) is 3.24. The van der Waals surface area contributed by atoms with Gasteiger partial charge in [0.25, 0.3) is 0 Å². The van der Waals surface area contributed by atoms with E-state index in [1.54, 1.807) is 17.5 Å². The molecular formula is C12H8BrN5S. The highest BCUT2D eigenvalue weighted by Gasteiger charge is 2.06. The van der Waals surface area contributed by atoms with E-state index >= 15 is 0 Å². The van der Waals surface area contributed by atoms with Gasteiger partial charge in [0.2, 0.25) is 0 Å². The van der Waals surface area contributed by atoms with E-state index in [9.17, 15) is 0 Å². The van der Waals surface area contributed by atoms with Crippen LogP contribution in [0.4, 0.5) is 5.82 Å². The molecule has 94 valence electrons. The second kappa shape index (κ2) is 5.50. The highest BCUT2D eigenvalue weighted by molar-refractivity contribution is 9.11. The van der Waals surface area contributed by atoms with Crippen LogP contribution < -0.4 is 0 Å². The lowest BCUT2D eigenvalue weighted by molar-refractivity contribution is 0.908. The molecule has 0 radical (unpaired) electrons. The van der Waals surface area contributed by atoms with E-state index in [1.165, 1.54) is 6.33 Å². The third kappa shape index (κ3) is 2.82. The summed E-state index contributed by atoms with van der Waals surface area (Å²) in [5.41, 5.74) is 1.75. The van der Waals surface area contributed by atoms with Crippen molar-refractivity contribution in [2.75, 3.05) is 0 Å². The molecule has 0 bridgehead atoms. The maximum Gasteiger partial charge on any atom is 0.195 e. The quantitative estimate of drug-likeness (QED) is 0.677. The summed E-state index contributed by atoms with van der Waals surface area (Å²) >= 11 is 4.98. The second-order valence-electron chi connectivity index (χ2n) is 3.68. The van der Waals surface area contributed by atoms with Gasteiger partial charge >= 0.3 is 0 Å². The van der Waals surface area contributed by atoms with E-state index in [4.69, 9.17) is 0 Å². The molecule has 0 amide bonds. The molecule has 0 spiro atoms. The molecule has 0 saturated heterocycles. The lowest BCUT2D eigenvalue weighted by atomic mass is 10.4. The zero-order valence-corrected chi connectivity index (χ0v) is 12.1. The van der Waals surface area contributed by atoms with Gasteiger partial charge in [-0.05, 0) is 34.1 Å². The van der Waals surface area contributed by atoms with Crippen molar-refractivity contribution >= 4 is 43.3 Å². The van der Waals surface area contributed by atoms with Gasteiger partial charge in [0.15, 0.2) is 5.82 Å². The summed E-state index contributed by atoms with van der Waals surface area (Å²) in [6, 6.07) is 7.66. The maximum absolute atomic E-state index is 4.18. The number of hydrogen-bond acceptors (Lipinski definition) is 6. The number of rotatable bonds is 3. The van der Waals surface area contributed by atoms with E-state index < -0.39 is 0 Å². The fourth-order valence-electron chi connectivity index (χ4n) is 1.55. The van der Waals surface area contributed by atoms with Gasteiger partial charge in [0, 0.05) is 6.20 Å².